The van der Waals surface area contributed by atoms with Crippen LogP contribution in [-0.4, -0.2) is 63.4 Å². The van der Waals surface area contributed by atoms with Gasteiger partial charge in [-0.25, -0.2) is 12.7 Å². The van der Waals surface area contributed by atoms with Crippen LogP contribution in [0.2, 0.25) is 0 Å². The third-order valence-electron chi connectivity index (χ3n) is 5.13. The molecule has 1 heterocycles. The molecule has 0 bridgehead atoms. The number of carbonyl (C=O) groups excluding carboxylic acids is 1. The SMILES string of the molecule is C=CCOCC1CCN(C(=O)c2ccc(S(=O)(=O)N(C)CCCC)cc2)CC1. The van der Waals surface area contributed by atoms with Crippen molar-refractivity contribution < 1.29 is 17.9 Å². The number of unbranched alkanes of at least 4 members (excludes halogenated alkanes) is 1. The standard InChI is InChI=1S/C21H32N2O4S/c1-4-6-13-22(3)28(25,26)20-9-7-19(8-10-20)21(24)23-14-11-18(12-15-23)17-27-16-5-2/h5,7-10,18H,2,4,6,11-17H2,1,3H3. The Morgan fingerprint density at radius 3 is 2.50 bits per heavy atom. The highest BCUT2D eigenvalue weighted by Crippen LogP contribution is 2.21. The Kier molecular flexibility index (Phi) is 8.66. The zero-order chi connectivity index (χ0) is 20.6. The smallest absolute Gasteiger partial charge is 0.253 e. The Morgan fingerprint density at radius 1 is 1.29 bits per heavy atom. The quantitative estimate of drug-likeness (QED) is 0.441. The molecule has 0 spiro atoms. The lowest BCUT2D eigenvalue weighted by Crippen LogP contribution is -2.39. The van der Waals surface area contributed by atoms with Gasteiger partial charge in [0, 0.05) is 38.9 Å². The lowest BCUT2D eigenvalue weighted by Gasteiger charge is -2.32. The number of rotatable bonds is 10. The summed E-state index contributed by atoms with van der Waals surface area (Å²) in [6, 6.07) is 6.28. The summed E-state index contributed by atoms with van der Waals surface area (Å²) in [7, 11) is -1.92. The third kappa shape index (κ3) is 5.90. The first-order valence-corrected chi connectivity index (χ1v) is 11.4. The summed E-state index contributed by atoms with van der Waals surface area (Å²) >= 11 is 0. The molecule has 1 aliphatic rings. The predicted molar refractivity (Wildman–Crippen MR) is 111 cm³/mol. The Hall–Kier alpha value is -1.70. The van der Waals surface area contributed by atoms with E-state index >= 15 is 0 Å². The van der Waals surface area contributed by atoms with E-state index in [1.54, 1.807) is 25.3 Å². The molecular formula is C21H32N2O4S. The van der Waals surface area contributed by atoms with Gasteiger partial charge < -0.3 is 9.64 Å². The fraction of sp³-hybridized carbons (Fsp3) is 0.571. The number of hydrogen-bond donors (Lipinski definition) is 0. The second-order valence-electron chi connectivity index (χ2n) is 7.27. The topological polar surface area (TPSA) is 66.9 Å². The molecule has 1 fully saturated rings. The molecule has 7 heteroatoms. The Balaban J connectivity index is 1.94. The number of ether oxygens (including phenoxy) is 1. The van der Waals surface area contributed by atoms with E-state index in [1.807, 2.05) is 11.8 Å². The van der Waals surface area contributed by atoms with Gasteiger partial charge in [0.25, 0.3) is 5.91 Å². The lowest BCUT2D eigenvalue weighted by atomic mass is 9.97. The van der Waals surface area contributed by atoms with E-state index in [4.69, 9.17) is 4.74 Å². The molecule has 1 amide bonds. The van der Waals surface area contributed by atoms with E-state index in [2.05, 4.69) is 6.58 Å². The van der Waals surface area contributed by atoms with E-state index < -0.39 is 10.0 Å². The number of likely N-dealkylation sites (tertiary alicyclic amines) is 1. The van der Waals surface area contributed by atoms with E-state index in [1.165, 1.54) is 16.4 Å². The summed E-state index contributed by atoms with van der Waals surface area (Å²) in [6.45, 7) is 8.80. The monoisotopic (exact) mass is 408 g/mol. The minimum Gasteiger partial charge on any atom is -0.377 e. The van der Waals surface area contributed by atoms with Crippen molar-refractivity contribution in [3.05, 3.63) is 42.5 Å². The van der Waals surface area contributed by atoms with Crippen LogP contribution >= 0.6 is 0 Å². The molecule has 1 aromatic rings. The van der Waals surface area contributed by atoms with Gasteiger partial charge in [-0.15, -0.1) is 6.58 Å². The maximum atomic E-state index is 12.7. The van der Waals surface area contributed by atoms with Crippen LogP contribution in [0, 0.1) is 5.92 Å². The van der Waals surface area contributed by atoms with Crippen LogP contribution in [-0.2, 0) is 14.8 Å². The van der Waals surface area contributed by atoms with Crippen LogP contribution in [0.1, 0.15) is 43.0 Å². The highest BCUT2D eigenvalue weighted by molar-refractivity contribution is 7.89. The Bertz CT molecular complexity index is 738. The van der Waals surface area contributed by atoms with Crippen molar-refractivity contribution in [2.24, 2.45) is 5.92 Å². The number of piperidine rings is 1. The van der Waals surface area contributed by atoms with Crippen LogP contribution in [0.4, 0.5) is 0 Å². The molecular weight excluding hydrogens is 376 g/mol. The largest absolute Gasteiger partial charge is 0.377 e. The number of amides is 1. The first-order valence-electron chi connectivity index (χ1n) is 9.94. The minimum absolute atomic E-state index is 0.0475. The van der Waals surface area contributed by atoms with Crippen LogP contribution in [0.15, 0.2) is 41.8 Å². The molecule has 0 N–H and O–H groups in total. The van der Waals surface area contributed by atoms with Crippen molar-refractivity contribution in [2.45, 2.75) is 37.5 Å². The molecule has 0 unspecified atom stereocenters. The number of benzene rings is 1. The molecule has 28 heavy (non-hydrogen) atoms. The van der Waals surface area contributed by atoms with Gasteiger partial charge in [0.05, 0.1) is 11.5 Å². The van der Waals surface area contributed by atoms with Crippen LogP contribution in [0.3, 0.4) is 0 Å². The minimum atomic E-state index is -3.51. The van der Waals surface area contributed by atoms with Gasteiger partial charge in [0.2, 0.25) is 10.0 Å². The fourth-order valence-electron chi connectivity index (χ4n) is 3.25. The number of carbonyl (C=O) groups is 1. The summed E-state index contributed by atoms with van der Waals surface area (Å²) in [5, 5.41) is 0. The van der Waals surface area contributed by atoms with Crippen molar-refractivity contribution in [2.75, 3.05) is 39.9 Å². The van der Waals surface area contributed by atoms with Gasteiger partial charge in [-0.1, -0.05) is 19.4 Å². The van der Waals surface area contributed by atoms with Crippen molar-refractivity contribution >= 4 is 15.9 Å². The van der Waals surface area contributed by atoms with Crippen LogP contribution < -0.4 is 0 Å². The van der Waals surface area contributed by atoms with Gasteiger partial charge in [0.1, 0.15) is 0 Å². The molecule has 156 valence electrons. The molecule has 0 atom stereocenters. The molecule has 0 radical (unpaired) electrons. The second-order valence-corrected chi connectivity index (χ2v) is 9.31. The maximum absolute atomic E-state index is 12.7. The van der Waals surface area contributed by atoms with Crippen molar-refractivity contribution in [3.8, 4) is 0 Å². The molecule has 0 saturated carbocycles. The van der Waals surface area contributed by atoms with Gasteiger partial charge in [0.15, 0.2) is 0 Å². The number of hydrogen-bond acceptors (Lipinski definition) is 4. The molecule has 1 saturated heterocycles. The van der Waals surface area contributed by atoms with Gasteiger partial charge in [-0.3, -0.25) is 4.79 Å². The lowest BCUT2D eigenvalue weighted by molar-refractivity contribution is 0.0575. The fourth-order valence-corrected chi connectivity index (χ4v) is 4.46. The van der Waals surface area contributed by atoms with E-state index in [-0.39, 0.29) is 10.8 Å². The van der Waals surface area contributed by atoms with E-state index in [0.29, 0.717) is 44.3 Å². The van der Waals surface area contributed by atoms with Crippen molar-refractivity contribution in [3.63, 3.8) is 0 Å². The molecule has 1 aromatic carbocycles. The summed E-state index contributed by atoms with van der Waals surface area (Å²) in [6.07, 6.45) is 5.32. The van der Waals surface area contributed by atoms with Crippen LogP contribution in [0.5, 0.6) is 0 Å². The number of sulfonamides is 1. The molecule has 1 aliphatic heterocycles. The van der Waals surface area contributed by atoms with Crippen molar-refractivity contribution in [1.82, 2.24) is 9.21 Å². The third-order valence-corrected chi connectivity index (χ3v) is 7.00. The average molecular weight is 409 g/mol. The summed E-state index contributed by atoms with van der Waals surface area (Å²) in [5.41, 5.74) is 0.525. The first-order chi connectivity index (χ1) is 13.4. The maximum Gasteiger partial charge on any atom is 0.253 e. The van der Waals surface area contributed by atoms with E-state index in [0.717, 1.165) is 25.7 Å². The predicted octanol–water partition coefficient (Wildman–Crippen LogP) is 3.16. The summed E-state index contributed by atoms with van der Waals surface area (Å²) in [4.78, 5) is 14.8. The molecule has 0 aromatic heterocycles. The Labute approximate surface area is 169 Å². The highest BCUT2D eigenvalue weighted by Gasteiger charge is 2.25. The van der Waals surface area contributed by atoms with Gasteiger partial charge >= 0.3 is 0 Å². The molecule has 0 aliphatic carbocycles. The van der Waals surface area contributed by atoms with Gasteiger partial charge in [-0.05, 0) is 49.4 Å². The Morgan fingerprint density at radius 2 is 1.93 bits per heavy atom. The van der Waals surface area contributed by atoms with Crippen LogP contribution in [0.25, 0.3) is 0 Å². The molecule has 2 rings (SSSR count). The summed E-state index contributed by atoms with van der Waals surface area (Å²) < 4.78 is 32.0. The zero-order valence-electron chi connectivity index (χ0n) is 17.0. The second kappa shape index (κ2) is 10.7. The first kappa shape index (κ1) is 22.6. The highest BCUT2D eigenvalue weighted by atomic mass is 32.2. The van der Waals surface area contributed by atoms with Crippen molar-refractivity contribution in [1.29, 1.82) is 0 Å². The normalized spacial score (nSPS) is 15.8. The van der Waals surface area contributed by atoms with E-state index in [9.17, 15) is 13.2 Å². The van der Waals surface area contributed by atoms with Gasteiger partial charge in [-0.2, -0.15) is 0 Å². The average Bonchev–Trinajstić information content (AvgIpc) is 2.72. The zero-order valence-corrected chi connectivity index (χ0v) is 17.8. The molecule has 6 nitrogen and oxygen atoms in total. The summed E-state index contributed by atoms with van der Waals surface area (Å²) in [5.74, 6) is 0.420. The number of nitrogens with zero attached hydrogens (tertiary/aromatic N) is 2.